The zero-order valence-corrected chi connectivity index (χ0v) is 25.3. The van der Waals surface area contributed by atoms with Gasteiger partial charge in [-0.05, 0) is 85.8 Å². The van der Waals surface area contributed by atoms with Crippen LogP contribution in [0.3, 0.4) is 0 Å². The van der Waals surface area contributed by atoms with Crippen molar-refractivity contribution >= 4 is 18.9 Å². The maximum absolute atomic E-state index is 14.2. The van der Waals surface area contributed by atoms with Crippen molar-refractivity contribution in [3.05, 3.63) is 107 Å². The molecule has 2 amide bonds. The molecule has 1 heterocycles. The van der Waals surface area contributed by atoms with Gasteiger partial charge < -0.3 is 19.9 Å². The molecule has 43 heavy (non-hydrogen) atoms. The van der Waals surface area contributed by atoms with Gasteiger partial charge in [0.1, 0.15) is 5.82 Å². The molecule has 1 aliphatic heterocycles. The highest BCUT2D eigenvalue weighted by Gasteiger charge is 2.68. The lowest BCUT2D eigenvalue weighted by molar-refractivity contribution is -0.199. The number of hydrogen-bond donors (Lipinski definition) is 2. The number of hydrogen-bond acceptors (Lipinski definition) is 4. The number of amides is 2. The smallest absolute Gasteiger partial charge is 0.404 e. The van der Waals surface area contributed by atoms with E-state index in [1.165, 1.54) is 12.1 Å². The molecule has 3 aromatic rings. The molecular weight excluding hydrogens is 542 g/mol. The van der Waals surface area contributed by atoms with E-state index in [2.05, 4.69) is 37.5 Å². The van der Waals surface area contributed by atoms with Gasteiger partial charge in [-0.2, -0.15) is 0 Å². The Morgan fingerprint density at radius 3 is 2.47 bits per heavy atom. The summed E-state index contributed by atoms with van der Waals surface area (Å²) in [5.74, 6) is -0.482. The maximum atomic E-state index is 14.2. The third kappa shape index (κ3) is 5.87. The van der Waals surface area contributed by atoms with Gasteiger partial charge in [0, 0.05) is 5.56 Å². The first-order chi connectivity index (χ1) is 20.5. The third-order valence-corrected chi connectivity index (χ3v) is 10.2. The number of aryl methyl sites for hydroxylation is 1. The van der Waals surface area contributed by atoms with Crippen molar-refractivity contribution in [1.82, 2.24) is 10.6 Å². The molecule has 4 aliphatic rings. The molecular formula is C35H40BFN2O4. The lowest BCUT2D eigenvalue weighted by Gasteiger charge is -2.64. The van der Waals surface area contributed by atoms with Crippen LogP contribution in [-0.2, 0) is 20.5 Å². The Kier molecular flexibility index (Phi) is 7.94. The minimum Gasteiger partial charge on any atom is -0.404 e. The summed E-state index contributed by atoms with van der Waals surface area (Å²) in [6, 6.07) is 22.3. The van der Waals surface area contributed by atoms with E-state index in [0.717, 1.165) is 24.0 Å². The predicted octanol–water partition coefficient (Wildman–Crippen LogP) is 5.99. The molecule has 1 saturated heterocycles. The van der Waals surface area contributed by atoms with Gasteiger partial charge in [0.15, 0.2) is 0 Å². The summed E-state index contributed by atoms with van der Waals surface area (Å²) in [6.45, 7) is 8.87. The number of nitrogens with one attached hydrogen (secondary N) is 2. The molecule has 2 bridgehead atoms. The van der Waals surface area contributed by atoms with Crippen LogP contribution in [0.1, 0.15) is 73.1 Å². The fourth-order valence-electron chi connectivity index (χ4n) is 7.64. The standard InChI is InChI=1S/C35H40BFN2O4/c1-22-10-8-11-23(16-22)17-31(36-42-30-20-26-19-29(34(26,2)3)35(30,4)43-36)39-32(40)21-28(25-14-9-15-27(37)18-25)38-33(41)24-12-6-5-7-13-24/h5-16,18,26,28-31H,17,19-21H2,1-4H3,(H,38,41)(H,39,40)/t26?,28?,29?,30-,31+,35+/m1/s1. The van der Waals surface area contributed by atoms with E-state index in [4.69, 9.17) is 9.31 Å². The van der Waals surface area contributed by atoms with E-state index in [9.17, 15) is 14.0 Å². The Hall–Kier alpha value is -3.49. The highest BCUT2D eigenvalue weighted by molar-refractivity contribution is 6.48. The summed E-state index contributed by atoms with van der Waals surface area (Å²) in [5, 5.41) is 6.14. The third-order valence-electron chi connectivity index (χ3n) is 10.2. The van der Waals surface area contributed by atoms with Crippen LogP contribution in [0.5, 0.6) is 0 Å². The second-order valence-corrected chi connectivity index (χ2v) is 13.4. The van der Waals surface area contributed by atoms with E-state index < -0.39 is 30.5 Å². The summed E-state index contributed by atoms with van der Waals surface area (Å²) in [4.78, 5) is 26.8. The van der Waals surface area contributed by atoms with Gasteiger partial charge in [0.05, 0.1) is 30.1 Å². The normalized spacial score (nSPS) is 26.5. The Morgan fingerprint density at radius 2 is 1.74 bits per heavy atom. The van der Waals surface area contributed by atoms with Crippen molar-refractivity contribution in [2.24, 2.45) is 17.3 Å². The van der Waals surface area contributed by atoms with Crippen molar-refractivity contribution in [3.8, 4) is 0 Å². The van der Waals surface area contributed by atoms with E-state index in [1.807, 2.05) is 31.2 Å². The Morgan fingerprint density at radius 1 is 0.977 bits per heavy atom. The van der Waals surface area contributed by atoms with E-state index in [0.29, 0.717) is 29.4 Å². The molecule has 8 heteroatoms. The van der Waals surface area contributed by atoms with Crippen LogP contribution in [0, 0.1) is 30.0 Å². The minimum atomic E-state index is -0.735. The van der Waals surface area contributed by atoms with Crippen molar-refractivity contribution < 1.29 is 23.3 Å². The van der Waals surface area contributed by atoms with Crippen molar-refractivity contribution in [3.63, 3.8) is 0 Å². The summed E-state index contributed by atoms with van der Waals surface area (Å²) >= 11 is 0. The summed E-state index contributed by atoms with van der Waals surface area (Å²) in [7, 11) is -0.610. The van der Waals surface area contributed by atoms with Gasteiger partial charge in [-0.3, -0.25) is 9.59 Å². The molecule has 0 aromatic heterocycles. The van der Waals surface area contributed by atoms with Crippen LogP contribution >= 0.6 is 0 Å². The largest absolute Gasteiger partial charge is 0.482 e. The minimum absolute atomic E-state index is 0.0172. The second kappa shape index (κ2) is 11.5. The average molecular weight is 583 g/mol. The van der Waals surface area contributed by atoms with Gasteiger partial charge in [0.25, 0.3) is 5.91 Å². The molecule has 3 saturated carbocycles. The van der Waals surface area contributed by atoms with Crippen LogP contribution in [0.15, 0.2) is 78.9 Å². The molecule has 2 N–H and O–H groups in total. The molecule has 4 fully saturated rings. The van der Waals surface area contributed by atoms with Crippen molar-refractivity contribution in [2.45, 2.75) is 77.1 Å². The first-order valence-corrected chi connectivity index (χ1v) is 15.3. The maximum Gasteiger partial charge on any atom is 0.482 e. The summed E-state index contributed by atoms with van der Waals surface area (Å²) in [5.41, 5.74) is 2.98. The number of rotatable bonds is 9. The SMILES string of the molecule is Cc1cccc(C[C@H](NC(=O)CC(NC(=O)c2ccccc2)c2cccc(F)c2)B2O[C@@H]3CC4CC(C4(C)C)[C@]3(C)O2)c1. The van der Waals surface area contributed by atoms with Gasteiger partial charge >= 0.3 is 7.12 Å². The fraction of sp³-hybridized carbons (Fsp3) is 0.429. The second-order valence-electron chi connectivity index (χ2n) is 13.4. The average Bonchev–Trinajstić information content (AvgIpc) is 3.34. The quantitative estimate of drug-likeness (QED) is 0.304. The van der Waals surface area contributed by atoms with Gasteiger partial charge in [-0.1, -0.05) is 74.0 Å². The zero-order valence-electron chi connectivity index (χ0n) is 25.3. The fourth-order valence-corrected chi connectivity index (χ4v) is 7.64. The molecule has 3 unspecified atom stereocenters. The van der Waals surface area contributed by atoms with Gasteiger partial charge in [-0.25, -0.2) is 4.39 Å². The van der Waals surface area contributed by atoms with Crippen molar-refractivity contribution in [1.29, 1.82) is 0 Å². The summed E-state index contributed by atoms with van der Waals surface area (Å²) < 4.78 is 27.6. The number of halogens is 1. The zero-order chi connectivity index (χ0) is 30.4. The molecule has 0 spiro atoms. The number of benzene rings is 3. The van der Waals surface area contributed by atoms with Crippen LogP contribution in [-0.4, -0.2) is 36.6 Å². The first kappa shape index (κ1) is 29.6. The summed E-state index contributed by atoms with van der Waals surface area (Å²) in [6.07, 6.45) is 2.53. The van der Waals surface area contributed by atoms with Crippen LogP contribution in [0.4, 0.5) is 4.39 Å². The number of carbonyl (C=O) groups is 2. The monoisotopic (exact) mass is 582 g/mol. The van der Waals surface area contributed by atoms with Crippen LogP contribution < -0.4 is 10.6 Å². The predicted molar refractivity (Wildman–Crippen MR) is 165 cm³/mol. The molecule has 3 aliphatic carbocycles. The highest BCUT2D eigenvalue weighted by atomic mass is 19.1. The molecule has 6 atom stereocenters. The number of carbonyl (C=O) groups excluding carboxylic acids is 2. The molecule has 3 aromatic carbocycles. The van der Waals surface area contributed by atoms with E-state index in [1.54, 1.807) is 36.4 Å². The van der Waals surface area contributed by atoms with E-state index >= 15 is 0 Å². The molecule has 0 radical (unpaired) electrons. The first-order valence-electron chi connectivity index (χ1n) is 15.3. The van der Waals surface area contributed by atoms with Gasteiger partial charge in [-0.15, -0.1) is 0 Å². The van der Waals surface area contributed by atoms with E-state index in [-0.39, 0.29) is 29.8 Å². The highest BCUT2D eigenvalue weighted by Crippen LogP contribution is 2.65. The molecule has 224 valence electrons. The lowest BCUT2D eigenvalue weighted by Crippen LogP contribution is -2.65. The molecule has 7 rings (SSSR count). The van der Waals surface area contributed by atoms with Gasteiger partial charge in [0.2, 0.25) is 5.91 Å². The lowest BCUT2D eigenvalue weighted by atomic mass is 9.43. The van der Waals surface area contributed by atoms with Crippen LogP contribution in [0.25, 0.3) is 0 Å². The topological polar surface area (TPSA) is 76.7 Å². The Labute approximate surface area is 253 Å². The molecule has 6 nitrogen and oxygen atoms in total. The Bertz CT molecular complexity index is 1500. The van der Waals surface area contributed by atoms with Crippen molar-refractivity contribution in [2.75, 3.05) is 0 Å². The Balaban J connectivity index is 1.23. The van der Waals surface area contributed by atoms with Crippen LogP contribution in [0.2, 0.25) is 0 Å².